The zero-order valence-electron chi connectivity index (χ0n) is 13.7. The lowest BCUT2D eigenvalue weighted by atomic mass is 10.2. The van der Waals surface area contributed by atoms with Gasteiger partial charge in [0.2, 0.25) is 0 Å². The quantitative estimate of drug-likeness (QED) is 0.743. The van der Waals surface area contributed by atoms with E-state index in [0.29, 0.717) is 15.6 Å². The fourth-order valence-corrected chi connectivity index (χ4v) is 3.56. The SMILES string of the molecule is O=C(NCCN1C(=O)S/C(=C\c2ccc(Cl)cc2Cl)C1=O)c1cnccn1. The molecule has 1 aromatic heterocycles. The van der Waals surface area contributed by atoms with Crippen molar-refractivity contribution < 1.29 is 14.4 Å². The molecule has 1 fully saturated rings. The Labute approximate surface area is 168 Å². The second kappa shape index (κ2) is 8.51. The number of hydrogen-bond donors (Lipinski definition) is 1. The molecule has 7 nitrogen and oxygen atoms in total. The second-order valence-electron chi connectivity index (χ2n) is 5.35. The van der Waals surface area contributed by atoms with Gasteiger partial charge in [0.15, 0.2) is 0 Å². The molecule has 0 bridgehead atoms. The first-order chi connectivity index (χ1) is 13.0. The lowest BCUT2D eigenvalue weighted by molar-refractivity contribution is -0.122. The van der Waals surface area contributed by atoms with Gasteiger partial charge in [0.25, 0.3) is 17.1 Å². The van der Waals surface area contributed by atoms with E-state index in [2.05, 4.69) is 15.3 Å². The fraction of sp³-hybridized carbons (Fsp3) is 0.118. The Morgan fingerprint density at radius 3 is 2.78 bits per heavy atom. The summed E-state index contributed by atoms with van der Waals surface area (Å²) in [5, 5.41) is 3.04. The number of hydrogen-bond acceptors (Lipinski definition) is 6. The first-order valence-electron chi connectivity index (χ1n) is 7.70. The summed E-state index contributed by atoms with van der Waals surface area (Å²) >= 11 is 12.8. The Hall–Kier alpha value is -2.42. The maximum Gasteiger partial charge on any atom is 0.293 e. The van der Waals surface area contributed by atoms with Crippen LogP contribution in [-0.4, -0.2) is 45.0 Å². The van der Waals surface area contributed by atoms with E-state index >= 15 is 0 Å². The molecule has 3 amide bonds. The largest absolute Gasteiger partial charge is 0.349 e. The number of halogens is 2. The maximum atomic E-state index is 12.5. The van der Waals surface area contributed by atoms with Gasteiger partial charge in [0.1, 0.15) is 5.69 Å². The molecule has 2 aromatic rings. The predicted octanol–water partition coefficient (Wildman–Crippen LogP) is 3.25. The highest BCUT2D eigenvalue weighted by Gasteiger charge is 2.34. The van der Waals surface area contributed by atoms with E-state index in [1.165, 1.54) is 18.6 Å². The van der Waals surface area contributed by atoms with Gasteiger partial charge < -0.3 is 5.32 Å². The van der Waals surface area contributed by atoms with E-state index in [-0.39, 0.29) is 23.7 Å². The van der Waals surface area contributed by atoms with Crippen LogP contribution in [0, 0.1) is 0 Å². The van der Waals surface area contributed by atoms with Crippen LogP contribution in [0.2, 0.25) is 10.0 Å². The Morgan fingerprint density at radius 1 is 1.26 bits per heavy atom. The molecule has 3 rings (SSSR count). The summed E-state index contributed by atoms with van der Waals surface area (Å²) in [6, 6.07) is 4.87. The van der Waals surface area contributed by atoms with Crippen LogP contribution in [0.3, 0.4) is 0 Å². The summed E-state index contributed by atoms with van der Waals surface area (Å²) in [5.74, 6) is -0.872. The van der Waals surface area contributed by atoms with Crippen molar-refractivity contribution in [2.24, 2.45) is 0 Å². The standard InChI is InChI=1S/C17H12Cl2N4O3S/c18-11-2-1-10(12(19)8-11)7-14-16(25)23(17(26)27-14)6-5-22-15(24)13-9-20-3-4-21-13/h1-4,7-9H,5-6H2,(H,22,24)/b14-7-. The number of benzene rings is 1. The van der Waals surface area contributed by atoms with Gasteiger partial charge in [0, 0.05) is 35.5 Å². The molecule has 2 heterocycles. The van der Waals surface area contributed by atoms with E-state index in [1.807, 2.05) is 0 Å². The van der Waals surface area contributed by atoms with Crippen molar-refractivity contribution >= 4 is 58.1 Å². The molecule has 0 atom stereocenters. The van der Waals surface area contributed by atoms with Crippen LogP contribution in [0.4, 0.5) is 4.79 Å². The molecule has 0 spiro atoms. The molecule has 0 radical (unpaired) electrons. The molecule has 1 aliphatic rings. The summed E-state index contributed by atoms with van der Waals surface area (Å²) in [4.78, 5) is 45.5. The molecule has 0 unspecified atom stereocenters. The van der Waals surface area contributed by atoms with E-state index in [9.17, 15) is 14.4 Å². The number of imide groups is 1. The number of aromatic nitrogens is 2. The molecule has 27 heavy (non-hydrogen) atoms. The summed E-state index contributed by atoms with van der Waals surface area (Å²) in [6.07, 6.45) is 5.73. The van der Waals surface area contributed by atoms with Crippen LogP contribution in [-0.2, 0) is 4.79 Å². The van der Waals surface area contributed by atoms with Gasteiger partial charge in [-0.25, -0.2) is 4.98 Å². The number of thioether (sulfide) groups is 1. The third-order valence-corrected chi connectivity index (χ3v) is 5.01. The summed E-state index contributed by atoms with van der Waals surface area (Å²) in [6.45, 7) is 0.144. The van der Waals surface area contributed by atoms with Crippen molar-refractivity contribution in [2.45, 2.75) is 0 Å². The van der Waals surface area contributed by atoms with Gasteiger partial charge in [-0.05, 0) is 35.5 Å². The average Bonchev–Trinajstić information content (AvgIpc) is 2.92. The topological polar surface area (TPSA) is 92.3 Å². The minimum Gasteiger partial charge on any atom is -0.349 e. The van der Waals surface area contributed by atoms with Crippen molar-refractivity contribution in [3.8, 4) is 0 Å². The van der Waals surface area contributed by atoms with Gasteiger partial charge in [-0.1, -0.05) is 29.3 Å². The molecular weight excluding hydrogens is 411 g/mol. The molecule has 1 aliphatic heterocycles. The molecule has 10 heteroatoms. The molecule has 0 aliphatic carbocycles. The molecular formula is C17H12Cl2N4O3S. The number of carbonyl (C=O) groups excluding carboxylic acids is 3. The number of carbonyl (C=O) groups is 3. The summed E-state index contributed by atoms with van der Waals surface area (Å²) < 4.78 is 0. The molecule has 1 N–H and O–H groups in total. The minimum atomic E-state index is -0.440. The Kier molecular flexibility index (Phi) is 6.10. The molecule has 1 saturated heterocycles. The molecule has 138 valence electrons. The van der Waals surface area contributed by atoms with Crippen LogP contribution in [0.15, 0.2) is 41.7 Å². The minimum absolute atomic E-state index is 0.0440. The number of rotatable bonds is 5. The first-order valence-corrected chi connectivity index (χ1v) is 9.27. The number of nitrogens with zero attached hydrogens (tertiary/aromatic N) is 3. The third kappa shape index (κ3) is 4.65. The van der Waals surface area contributed by atoms with Gasteiger partial charge in [0.05, 0.1) is 11.1 Å². The van der Waals surface area contributed by atoms with Crippen LogP contribution in [0.5, 0.6) is 0 Å². The van der Waals surface area contributed by atoms with Crippen LogP contribution >= 0.6 is 35.0 Å². The Bertz CT molecular complexity index is 937. The van der Waals surface area contributed by atoms with Gasteiger partial charge in [-0.3, -0.25) is 24.3 Å². The van der Waals surface area contributed by atoms with Crippen LogP contribution < -0.4 is 5.32 Å². The van der Waals surface area contributed by atoms with Crippen molar-refractivity contribution in [1.82, 2.24) is 20.2 Å². The predicted molar refractivity (Wildman–Crippen MR) is 104 cm³/mol. The van der Waals surface area contributed by atoms with Crippen molar-refractivity contribution in [1.29, 1.82) is 0 Å². The van der Waals surface area contributed by atoms with Crippen LogP contribution in [0.1, 0.15) is 16.1 Å². The highest BCUT2D eigenvalue weighted by atomic mass is 35.5. The normalized spacial score (nSPS) is 15.5. The highest BCUT2D eigenvalue weighted by molar-refractivity contribution is 8.18. The van der Waals surface area contributed by atoms with Crippen LogP contribution in [0.25, 0.3) is 6.08 Å². The smallest absolute Gasteiger partial charge is 0.293 e. The monoisotopic (exact) mass is 422 g/mol. The van der Waals surface area contributed by atoms with E-state index in [0.717, 1.165) is 16.7 Å². The zero-order chi connectivity index (χ0) is 19.4. The number of amides is 3. The second-order valence-corrected chi connectivity index (χ2v) is 7.18. The molecule has 0 saturated carbocycles. The fourth-order valence-electron chi connectivity index (χ4n) is 2.24. The summed E-state index contributed by atoms with van der Waals surface area (Å²) in [5.41, 5.74) is 0.742. The lowest BCUT2D eigenvalue weighted by Crippen LogP contribution is -2.37. The highest BCUT2D eigenvalue weighted by Crippen LogP contribution is 2.33. The van der Waals surface area contributed by atoms with E-state index in [1.54, 1.807) is 24.3 Å². The van der Waals surface area contributed by atoms with E-state index < -0.39 is 17.1 Å². The lowest BCUT2D eigenvalue weighted by Gasteiger charge is -2.12. The first kappa shape index (κ1) is 19.3. The Morgan fingerprint density at radius 2 is 2.07 bits per heavy atom. The number of nitrogens with one attached hydrogen (secondary N) is 1. The maximum absolute atomic E-state index is 12.5. The van der Waals surface area contributed by atoms with Gasteiger partial charge in [-0.15, -0.1) is 0 Å². The van der Waals surface area contributed by atoms with E-state index in [4.69, 9.17) is 23.2 Å². The van der Waals surface area contributed by atoms with Crippen molar-refractivity contribution in [2.75, 3.05) is 13.1 Å². The third-order valence-electron chi connectivity index (χ3n) is 3.54. The van der Waals surface area contributed by atoms with Crippen molar-refractivity contribution in [3.63, 3.8) is 0 Å². The van der Waals surface area contributed by atoms with Crippen molar-refractivity contribution in [3.05, 3.63) is 63.0 Å². The Balaban J connectivity index is 1.62. The zero-order valence-corrected chi connectivity index (χ0v) is 16.0. The van der Waals surface area contributed by atoms with Gasteiger partial charge in [-0.2, -0.15) is 0 Å². The van der Waals surface area contributed by atoms with Gasteiger partial charge >= 0.3 is 0 Å². The summed E-state index contributed by atoms with van der Waals surface area (Å²) in [7, 11) is 0. The molecule has 1 aromatic carbocycles. The average molecular weight is 423 g/mol.